The summed E-state index contributed by atoms with van der Waals surface area (Å²) >= 11 is 0. The summed E-state index contributed by atoms with van der Waals surface area (Å²) in [6.07, 6.45) is 1.14. The Bertz CT molecular complexity index is 310. The van der Waals surface area contributed by atoms with E-state index in [1.807, 2.05) is 0 Å². The molecule has 0 saturated carbocycles. The third kappa shape index (κ3) is 0.765. The van der Waals surface area contributed by atoms with Gasteiger partial charge >= 0.3 is 0 Å². The van der Waals surface area contributed by atoms with Crippen molar-refractivity contribution in [1.82, 2.24) is 5.48 Å². The van der Waals surface area contributed by atoms with E-state index in [1.165, 1.54) is 11.1 Å². The average Bonchev–Trinajstić information content (AvgIpc) is 2.62. The van der Waals surface area contributed by atoms with Gasteiger partial charge in [0.15, 0.2) is 0 Å². The lowest BCUT2D eigenvalue weighted by atomic mass is 10.0. The van der Waals surface area contributed by atoms with E-state index in [4.69, 9.17) is 4.84 Å². The Morgan fingerprint density at radius 2 is 2.25 bits per heavy atom. The van der Waals surface area contributed by atoms with Crippen molar-refractivity contribution in [3.05, 3.63) is 35.4 Å². The molecule has 1 aliphatic heterocycles. The molecule has 2 unspecified atom stereocenters. The van der Waals surface area contributed by atoms with Crippen LogP contribution in [0.3, 0.4) is 0 Å². The monoisotopic (exact) mass is 160 g/mol. The van der Waals surface area contributed by atoms with E-state index in [0.29, 0.717) is 12.0 Å². The van der Waals surface area contributed by atoms with Gasteiger partial charge in [0.05, 0.1) is 12.6 Å². The summed E-state index contributed by atoms with van der Waals surface area (Å²) in [5, 5.41) is 0. The minimum absolute atomic E-state index is 0.334. The van der Waals surface area contributed by atoms with Crippen molar-refractivity contribution in [3.8, 4) is 0 Å². The number of nitrogens with zero attached hydrogens (tertiary/aromatic N) is 1. The molecule has 2 atom stereocenters. The molecule has 1 aromatic carbocycles. The van der Waals surface area contributed by atoms with E-state index in [9.17, 15) is 0 Å². The minimum atomic E-state index is 0.334. The molecule has 1 aliphatic carbocycles. The summed E-state index contributed by atoms with van der Waals surface area (Å²) < 4.78 is 0. The standard InChI is InChI=1S/C10H10NO/c1-2-4-9-7(3-1)5-8-6-12-11-10(8)9/h1-4,8,10H,5-6H2. The lowest BCUT2D eigenvalue weighted by molar-refractivity contribution is 0.0762. The minimum Gasteiger partial charge on any atom is -0.281 e. The fraction of sp³-hybridized carbons (Fsp3) is 0.400. The fourth-order valence-corrected chi connectivity index (χ4v) is 2.17. The lowest BCUT2D eigenvalue weighted by Crippen LogP contribution is -2.06. The first-order valence-corrected chi connectivity index (χ1v) is 4.35. The van der Waals surface area contributed by atoms with Gasteiger partial charge < -0.3 is 0 Å². The van der Waals surface area contributed by atoms with Gasteiger partial charge in [-0.3, -0.25) is 4.84 Å². The van der Waals surface area contributed by atoms with Crippen molar-refractivity contribution in [2.45, 2.75) is 12.5 Å². The average molecular weight is 160 g/mol. The second-order valence-corrected chi connectivity index (χ2v) is 3.51. The highest BCUT2D eigenvalue weighted by atomic mass is 16.7. The quantitative estimate of drug-likeness (QED) is 0.563. The molecular weight excluding hydrogens is 150 g/mol. The van der Waals surface area contributed by atoms with Gasteiger partial charge in [0, 0.05) is 5.92 Å². The zero-order chi connectivity index (χ0) is 7.97. The molecule has 12 heavy (non-hydrogen) atoms. The molecule has 1 radical (unpaired) electrons. The smallest absolute Gasteiger partial charge is 0.0844 e. The van der Waals surface area contributed by atoms with Crippen LogP contribution in [0.15, 0.2) is 24.3 Å². The zero-order valence-corrected chi connectivity index (χ0v) is 6.73. The number of benzene rings is 1. The first kappa shape index (κ1) is 6.63. The molecule has 0 spiro atoms. The first-order chi connectivity index (χ1) is 5.95. The van der Waals surface area contributed by atoms with Crippen LogP contribution in [0.5, 0.6) is 0 Å². The molecule has 1 heterocycles. The van der Waals surface area contributed by atoms with Crippen molar-refractivity contribution in [2.24, 2.45) is 5.92 Å². The molecule has 0 aromatic heterocycles. The molecule has 0 amide bonds. The maximum atomic E-state index is 5.09. The van der Waals surface area contributed by atoms with Crippen molar-refractivity contribution in [1.29, 1.82) is 0 Å². The van der Waals surface area contributed by atoms with Gasteiger partial charge in [-0.05, 0) is 17.5 Å². The van der Waals surface area contributed by atoms with Crippen molar-refractivity contribution < 1.29 is 4.84 Å². The van der Waals surface area contributed by atoms with Crippen LogP contribution in [0.2, 0.25) is 0 Å². The van der Waals surface area contributed by atoms with Crippen LogP contribution < -0.4 is 5.48 Å². The highest BCUT2D eigenvalue weighted by Crippen LogP contribution is 2.39. The summed E-state index contributed by atoms with van der Waals surface area (Å²) in [6, 6.07) is 8.87. The SMILES string of the molecule is c1ccc2c(c1)CC1CO[N]C21. The first-order valence-electron chi connectivity index (χ1n) is 4.35. The van der Waals surface area contributed by atoms with E-state index in [0.717, 1.165) is 13.0 Å². The van der Waals surface area contributed by atoms with Gasteiger partial charge in [-0.15, -0.1) is 0 Å². The topological polar surface area (TPSA) is 23.3 Å². The maximum absolute atomic E-state index is 5.09. The number of hydrogen-bond acceptors (Lipinski definition) is 1. The summed E-state index contributed by atoms with van der Waals surface area (Å²) in [7, 11) is 0. The largest absolute Gasteiger partial charge is 0.281 e. The second-order valence-electron chi connectivity index (χ2n) is 3.51. The number of hydroxylamine groups is 1. The Labute approximate surface area is 71.5 Å². The molecule has 1 aromatic rings. The molecule has 3 rings (SSSR count). The molecule has 2 aliphatic rings. The third-order valence-electron chi connectivity index (χ3n) is 2.78. The van der Waals surface area contributed by atoms with E-state index in [2.05, 4.69) is 29.7 Å². The van der Waals surface area contributed by atoms with Crippen LogP contribution in [0, 0.1) is 5.92 Å². The molecule has 1 fully saturated rings. The molecule has 0 bridgehead atoms. The fourth-order valence-electron chi connectivity index (χ4n) is 2.17. The number of fused-ring (bicyclic) bond motifs is 3. The van der Waals surface area contributed by atoms with E-state index in [-0.39, 0.29) is 0 Å². The van der Waals surface area contributed by atoms with Crippen LogP contribution >= 0.6 is 0 Å². The normalized spacial score (nSPS) is 31.7. The van der Waals surface area contributed by atoms with Crippen LogP contribution in [0.4, 0.5) is 0 Å². The molecular formula is C10H10NO. The van der Waals surface area contributed by atoms with Gasteiger partial charge in [0.25, 0.3) is 0 Å². The molecule has 2 heteroatoms. The summed E-state index contributed by atoms with van der Waals surface area (Å²) in [5.74, 6) is 0.613. The summed E-state index contributed by atoms with van der Waals surface area (Å²) in [4.78, 5) is 5.09. The van der Waals surface area contributed by atoms with Crippen LogP contribution in [0.25, 0.3) is 0 Å². The summed E-state index contributed by atoms with van der Waals surface area (Å²) in [5.41, 5.74) is 6.97. The predicted octanol–water partition coefficient (Wildman–Crippen LogP) is 1.45. The number of hydrogen-bond donors (Lipinski definition) is 0. The zero-order valence-electron chi connectivity index (χ0n) is 6.73. The Morgan fingerprint density at radius 3 is 3.25 bits per heavy atom. The van der Waals surface area contributed by atoms with E-state index < -0.39 is 0 Å². The van der Waals surface area contributed by atoms with Gasteiger partial charge in [-0.25, -0.2) is 0 Å². The Kier molecular flexibility index (Phi) is 1.28. The van der Waals surface area contributed by atoms with Gasteiger partial charge in [0.2, 0.25) is 0 Å². The van der Waals surface area contributed by atoms with Crippen molar-refractivity contribution in [2.75, 3.05) is 6.61 Å². The van der Waals surface area contributed by atoms with Crippen molar-refractivity contribution >= 4 is 0 Å². The van der Waals surface area contributed by atoms with Gasteiger partial charge in [-0.2, -0.15) is 0 Å². The molecule has 0 N–H and O–H groups in total. The highest BCUT2D eigenvalue weighted by Gasteiger charge is 2.37. The van der Waals surface area contributed by atoms with Gasteiger partial charge in [0.1, 0.15) is 0 Å². The van der Waals surface area contributed by atoms with E-state index >= 15 is 0 Å². The predicted molar refractivity (Wildman–Crippen MR) is 44.5 cm³/mol. The molecule has 2 nitrogen and oxygen atoms in total. The Balaban J connectivity index is 2.09. The van der Waals surface area contributed by atoms with Crippen LogP contribution in [-0.4, -0.2) is 6.61 Å². The summed E-state index contributed by atoms with van der Waals surface area (Å²) in [6.45, 7) is 0.805. The van der Waals surface area contributed by atoms with Crippen LogP contribution in [-0.2, 0) is 11.3 Å². The maximum Gasteiger partial charge on any atom is 0.0844 e. The van der Waals surface area contributed by atoms with Crippen molar-refractivity contribution in [3.63, 3.8) is 0 Å². The molecule has 1 saturated heterocycles. The Morgan fingerprint density at radius 1 is 1.33 bits per heavy atom. The molecule has 61 valence electrons. The van der Waals surface area contributed by atoms with Gasteiger partial charge in [-0.1, -0.05) is 29.7 Å². The number of rotatable bonds is 0. The van der Waals surface area contributed by atoms with E-state index in [1.54, 1.807) is 0 Å². The Hall–Kier alpha value is -0.860. The highest BCUT2D eigenvalue weighted by molar-refractivity contribution is 5.35. The third-order valence-corrected chi connectivity index (χ3v) is 2.78. The second kappa shape index (κ2) is 2.31. The lowest BCUT2D eigenvalue weighted by Gasteiger charge is -2.04. The van der Waals surface area contributed by atoms with Crippen LogP contribution in [0.1, 0.15) is 17.2 Å².